The van der Waals surface area contributed by atoms with Crippen LogP contribution in [0, 0.1) is 17.7 Å². The summed E-state index contributed by atoms with van der Waals surface area (Å²) in [5.74, 6) is -9.47. The average Bonchev–Trinajstić information content (AvgIpc) is 2.89. The Hall–Kier alpha value is -3.81. The first-order chi connectivity index (χ1) is 19.3. The summed E-state index contributed by atoms with van der Waals surface area (Å²) >= 11 is 0. The number of phenolic OH excluding ortho intramolecular Hbond substituents is 1. The number of aromatic hydroxyl groups is 1. The Balaban J connectivity index is 1.65. The second kappa shape index (κ2) is 9.93. The number of aliphatic hydroxyl groups is 3. The van der Waals surface area contributed by atoms with E-state index in [1.54, 1.807) is 0 Å². The van der Waals surface area contributed by atoms with E-state index in [4.69, 9.17) is 5.73 Å². The molecule has 8 N–H and O–H groups in total. The number of rotatable bonds is 6. The fraction of sp³-hybridized carbons (Fsp3) is 0.500. The lowest BCUT2D eigenvalue weighted by Crippen LogP contribution is -2.65. The minimum Gasteiger partial charge on any atom is -0.508 e. The molecule has 1 unspecified atom stereocenters. The van der Waals surface area contributed by atoms with Crippen molar-refractivity contribution in [2.24, 2.45) is 17.6 Å². The zero-order valence-corrected chi connectivity index (χ0v) is 22.9. The molecule has 0 radical (unpaired) electrons. The van der Waals surface area contributed by atoms with Gasteiger partial charge in [-0.05, 0) is 45.8 Å². The number of fused-ring (bicyclic) bond motifs is 4. The van der Waals surface area contributed by atoms with Crippen LogP contribution in [0.25, 0.3) is 5.76 Å². The Morgan fingerprint density at radius 3 is 2.46 bits per heavy atom. The van der Waals surface area contributed by atoms with Crippen molar-refractivity contribution in [3.8, 4) is 5.75 Å². The third-order valence-corrected chi connectivity index (χ3v) is 8.81. The van der Waals surface area contributed by atoms with Crippen LogP contribution < -0.4 is 16.4 Å². The highest BCUT2D eigenvalue weighted by Gasteiger charge is 2.64. The van der Waals surface area contributed by atoms with Crippen LogP contribution in [0.1, 0.15) is 42.9 Å². The van der Waals surface area contributed by atoms with Gasteiger partial charge in [-0.2, -0.15) is 0 Å². The van der Waals surface area contributed by atoms with Crippen LogP contribution >= 0.6 is 0 Å². The molecule has 5 rings (SSSR count). The van der Waals surface area contributed by atoms with Crippen LogP contribution in [0.4, 0.5) is 10.1 Å². The van der Waals surface area contributed by atoms with Crippen LogP contribution in [-0.4, -0.2) is 87.0 Å². The molecule has 0 spiro atoms. The first-order valence-electron chi connectivity index (χ1n) is 13.5. The molecule has 1 fully saturated rings. The average molecular weight is 573 g/mol. The minimum atomic E-state index is -2.79. The van der Waals surface area contributed by atoms with E-state index in [-0.39, 0.29) is 36.1 Å². The minimum absolute atomic E-state index is 0.0490. The number of unbranched alkanes of at least 4 members (excludes halogenated alkanes) is 1. The molecule has 41 heavy (non-hydrogen) atoms. The van der Waals surface area contributed by atoms with Gasteiger partial charge in [0, 0.05) is 29.0 Å². The number of nitrogens with zero attached hydrogens (tertiary/aromatic N) is 1. The number of likely N-dealkylation sites (N-methyl/N-ethyl adjacent to an activating group) is 1. The van der Waals surface area contributed by atoms with E-state index in [0.717, 1.165) is 12.8 Å². The van der Waals surface area contributed by atoms with Crippen molar-refractivity contribution in [1.82, 2.24) is 10.2 Å². The summed E-state index contributed by atoms with van der Waals surface area (Å²) < 4.78 is 16.1. The largest absolute Gasteiger partial charge is 0.508 e. The molecule has 2 amide bonds. The first-order valence-corrected chi connectivity index (χ1v) is 13.5. The third-order valence-electron chi connectivity index (χ3n) is 8.81. The standard InChI is InChI=1S/C28H33FN4O8/c1-4-5-6-31-14-9-12-18(29)11-7-10-8-13-20(33(2)3)23(36)17(26(30)39)25(38)28(13,41)24(37)15(10)21(34)16(11)22(35)19(12)32-27(14)40/h10,13-14,20,31,34-35,38,41H,4-9H2,1-3H3,(H2,30,39)(H,32,40)/t10-,13-,14?,20-,28-/m0/s1. The zero-order chi connectivity index (χ0) is 30.1. The molecule has 5 atom stereocenters. The van der Waals surface area contributed by atoms with Gasteiger partial charge in [0.25, 0.3) is 5.91 Å². The number of carbonyl (C=O) groups excluding carboxylic acids is 4. The number of primary amides is 1. The third kappa shape index (κ3) is 3.97. The van der Waals surface area contributed by atoms with E-state index in [9.17, 15) is 39.6 Å². The number of phenols is 1. The number of benzene rings is 1. The number of hydrogen-bond donors (Lipinski definition) is 7. The maximum absolute atomic E-state index is 16.1. The van der Waals surface area contributed by atoms with Crippen molar-refractivity contribution < 1.29 is 44.0 Å². The fourth-order valence-corrected chi connectivity index (χ4v) is 6.84. The molecular weight excluding hydrogens is 539 g/mol. The number of halogens is 1. The number of anilines is 1. The molecule has 1 aromatic rings. The van der Waals surface area contributed by atoms with Crippen molar-refractivity contribution in [2.75, 3.05) is 26.0 Å². The monoisotopic (exact) mass is 572 g/mol. The first kappa shape index (κ1) is 28.7. The summed E-state index contributed by atoms with van der Waals surface area (Å²) in [4.78, 5) is 53.3. The molecule has 3 aliphatic carbocycles. The number of nitrogens with one attached hydrogen (secondary N) is 2. The Morgan fingerprint density at radius 2 is 1.85 bits per heavy atom. The van der Waals surface area contributed by atoms with Gasteiger partial charge in [-0.25, -0.2) is 4.39 Å². The van der Waals surface area contributed by atoms with Gasteiger partial charge in [-0.1, -0.05) is 13.3 Å². The van der Waals surface area contributed by atoms with Gasteiger partial charge in [0.15, 0.2) is 17.1 Å². The van der Waals surface area contributed by atoms with Crippen LogP contribution in [0.3, 0.4) is 0 Å². The van der Waals surface area contributed by atoms with Crippen molar-refractivity contribution in [2.45, 2.75) is 56.7 Å². The molecule has 1 aromatic carbocycles. The van der Waals surface area contributed by atoms with Crippen LogP contribution in [-0.2, 0) is 32.0 Å². The molecule has 13 heteroatoms. The normalized spacial score (nSPS) is 29.2. The van der Waals surface area contributed by atoms with Gasteiger partial charge in [0.1, 0.15) is 22.9 Å². The maximum atomic E-state index is 16.1. The van der Waals surface area contributed by atoms with Crippen molar-refractivity contribution in [3.05, 3.63) is 39.4 Å². The number of aliphatic hydroxyl groups excluding tert-OH is 2. The fourth-order valence-electron chi connectivity index (χ4n) is 6.84. The molecule has 0 aromatic heterocycles. The smallest absolute Gasteiger partial charge is 0.255 e. The Labute approximate surface area is 234 Å². The SMILES string of the molecule is CCCCNC1Cc2c(F)c3c(c(O)c2NC1=O)C(O)=C1C(=O)[C@]2(O)C(O)=C(C(N)=O)C(=O)[C@@H](N(C)C)[C@@H]2C[C@@H]1C3. The maximum Gasteiger partial charge on any atom is 0.255 e. The molecule has 1 heterocycles. The lowest BCUT2D eigenvalue weighted by atomic mass is 9.57. The second-order valence-corrected chi connectivity index (χ2v) is 11.4. The van der Waals surface area contributed by atoms with E-state index < -0.39 is 92.7 Å². The lowest BCUT2D eigenvalue weighted by Gasteiger charge is -2.50. The Bertz CT molecular complexity index is 1470. The summed E-state index contributed by atoms with van der Waals surface area (Å²) in [6.07, 6.45) is 1.32. The summed E-state index contributed by atoms with van der Waals surface area (Å²) in [6.45, 7) is 2.53. The molecule has 4 aliphatic rings. The quantitative estimate of drug-likeness (QED) is 0.142. The van der Waals surface area contributed by atoms with Crippen molar-refractivity contribution in [3.63, 3.8) is 0 Å². The summed E-state index contributed by atoms with van der Waals surface area (Å²) in [5.41, 5.74) is 0.564. The number of ketones is 2. The van der Waals surface area contributed by atoms with Gasteiger partial charge < -0.3 is 36.8 Å². The highest BCUT2D eigenvalue weighted by atomic mass is 19.1. The predicted molar refractivity (Wildman–Crippen MR) is 143 cm³/mol. The number of amides is 2. The molecule has 0 saturated heterocycles. The number of nitrogens with two attached hydrogens (primary N) is 1. The number of Topliss-reactive ketones (excluding diaryl/α,β-unsaturated/α-hetero) is 2. The highest BCUT2D eigenvalue weighted by Crippen LogP contribution is 2.54. The number of carbonyl (C=O) groups is 4. The molecule has 1 saturated carbocycles. The summed E-state index contributed by atoms with van der Waals surface area (Å²) in [6, 6.07) is -1.97. The number of hydrogen-bond acceptors (Lipinski definition) is 10. The van der Waals surface area contributed by atoms with Crippen LogP contribution in [0.5, 0.6) is 5.75 Å². The molecule has 0 bridgehead atoms. The van der Waals surface area contributed by atoms with Crippen molar-refractivity contribution >= 4 is 34.8 Å². The zero-order valence-electron chi connectivity index (χ0n) is 22.9. The molecule has 1 aliphatic heterocycles. The summed E-state index contributed by atoms with van der Waals surface area (Å²) in [7, 11) is 2.99. The second-order valence-electron chi connectivity index (χ2n) is 11.4. The van der Waals surface area contributed by atoms with E-state index in [2.05, 4.69) is 10.6 Å². The van der Waals surface area contributed by atoms with E-state index in [0.29, 0.717) is 6.54 Å². The van der Waals surface area contributed by atoms with E-state index in [1.807, 2.05) is 6.92 Å². The lowest BCUT2D eigenvalue weighted by molar-refractivity contribution is -0.153. The van der Waals surface area contributed by atoms with Crippen molar-refractivity contribution in [1.29, 1.82) is 0 Å². The van der Waals surface area contributed by atoms with Gasteiger partial charge in [-0.15, -0.1) is 0 Å². The summed E-state index contributed by atoms with van der Waals surface area (Å²) in [5, 5.41) is 50.6. The van der Waals surface area contributed by atoms with Gasteiger partial charge in [-0.3, -0.25) is 24.1 Å². The van der Waals surface area contributed by atoms with Crippen LogP contribution in [0.15, 0.2) is 16.9 Å². The van der Waals surface area contributed by atoms with Gasteiger partial charge >= 0.3 is 0 Å². The molecular formula is C28H33FN4O8. The van der Waals surface area contributed by atoms with E-state index in [1.165, 1.54) is 19.0 Å². The van der Waals surface area contributed by atoms with Gasteiger partial charge in [0.05, 0.1) is 23.3 Å². The topological polar surface area (TPSA) is 203 Å². The highest BCUT2D eigenvalue weighted by molar-refractivity contribution is 6.24. The van der Waals surface area contributed by atoms with E-state index >= 15 is 4.39 Å². The van der Waals surface area contributed by atoms with Gasteiger partial charge in [0.2, 0.25) is 11.7 Å². The Kier molecular flexibility index (Phi) is 6.95. The predicted octanol–water partition coefficient (Wildman–Crippen LogP) is 0.356. The molecule has 12 nitrogen and oxygen atoms in total. The Morgan fingerprint density at radius 1 is 1.17 bits per heavy atom. The van der Waals surface area contributed by atoms with Crippen LogP contribution in [0.2, 0.25) is 0 Å². The molecule has 220 valence electrons.